The van der Waals surface area contributed by atoms with Crippen LogP contribution in [0.3, 0.4) is 0 Å². The van der Waals surface area contributed by atoms with Crippen LogP contribution < -0.4 is 0 Å². The Morgan fingerprint density at radius 3 is 1.63 bits per heavy atom. The Kier molecular flexibility index (Phi) is 15.4. The molecule has 0 aliphatic rings. The summed E-state index contributed by atoms with van der Waals surface area (Å²) in [5, 5.41) is 0. The van der Waals surface area contributed by atoms with Crippen molar-refractivity contribution in [2.45, 2.75) is 66.3 Å². The molecule has 1 amide bonds. The fraction of sp³-hybridized carbons (Fsp3) is 0.810. The standard InChI is InChI=1S/C21H38N2O7/c1-6-10-11-12-18(24)23(16-21(27)30-9-4)13-17(5)22(14-19(25)28-7-2)15-20(26)29-8-3/h17H,6-16H2,1-5H3. The highest BCUT2D eigenvalue weighted by Crippen LogP contribution is 2.09. The molecule has 0 fully saturated rings. The maximum absolute atomic E-state index is 12.7. The monoisotopic (exact) mass is 430 g/mol. The van der Waals surface area contributed by atoms with E-state index in [2.05, 4.69) is 0 Å². The van der Waals surface area contributed by atoms with Gasteiger partial charge in [-0.15, -0.1) is 0 Å². The van der Waals surface area contributed by atoms with E-state index in [1.54, 1.807) is 32.6 Å². The van der Waals surface area contributed by atoms with Crippen molar-refractivity contribution in [2.75, 3.05) is 46.0 Å². The molecule has 1 unspecified atom stereocenters. The molecule has 1 atom stereocenters. The first-order valence-electron chi connectivity index (χ1n) is 10.8. The van der Waals surface area contributed by atoms with Gasteiger partial charge in [0.05, 0.1) is 32.9 Å². The SMILES string of the molecule is CCCCCC(=O)N(CC(=O)OCC)CC(C)N(CC(=O)OCC)CC(=O)OCC. The van der Waals surface area contributed by atoms with Crippen molar-refractivity contribution in [1.82, 2.24) is 9.80 Å². The lowest BCUT2D eigenvalue weighted by atomic mass is 10.1. The molecule has 0 spiro atoms. The predicted molar refractivity (Wildman–Crippen MR) is 112 cm³/mol. The number of amides is 1. The van der Waals surface area contributed by atoms with Gasteiger partial charge in [0.2, 0.25) is 5.91 Å². The van der Waals surface area contributed by atoms with E-state index in [0.717, 1.165) is 19.3 Å². The summed E-state index contributed by atoms with van der Waals surface area (Å²) >= 11 is 0. The van der Waals surface area contributed by atoms with E-state index < -0.39 is 17.9 Å². The van der Waals surface area contributed by atoms with Crippen molar-refractivity contribution in [3.63, 3.8) is 0 Å². The summed E-state index contributed by atoms with van der Waals surface area (Å²) in [5.41, 5.74) is 0. The summed E-state index contributed by atoms with van der Waals surface area (Å²) in [7, 11) is 0. The molecule has 0 bridgehead atoms. The van der Waals surface area contributed by atoms with E-state index >= 15 is 0 Å². The topological polar surface area (TPSA) is 102 Å². The molecule has 9 heteroatoms. The number of carbonyl (C=O) groups is 4. The van der Waals surface area contributed by atoms with Gasteiger partial charge in [0.15, 0.2) is 0 Å². The Bertz CT molecular complexity index is 519. The molecule has 0 aliphatic heterocycles. The van der Waals surface area contributed by atoms with Crippen LogP contribution in [0.5, 0.6) is 0 Å². The molecule has 0 aliphatic carbocycles. The van der Waals surface area contributed by atoms with Crippen LogP contribution in [0, 0.1) is 0 Å². The third kappa shape index (κ3) is 12.4. The summed E-state index contributed by atoms with van der Waals surface area (Å²) in [6.07, 6.45) is 2.97. The Labute approximate surface area is 180 Å². The second-order valence-electron chi connectivity index (χ2n) is 6.90. The zero-order valence-electron chi connectivity index (χ0n) is 19.1. The molecule has 9 nitrogen and oxygen atoms in total. The minimum Gasteiger partial charge on any atom is -0.465 e. The number of hydrogen-bond donors (Lipinski definition) is 0. The first-order valence-corrected chi connectivity index (χ1v) is 10.8. The second-order valence-corrected chi connectivity index (χ2v) is 6.90. The Morgan fingerprint density at radius 2 is 1.20 bits per heavy atom. The summed E-state index contributed by atoms with van der Waals surface area (Å²) in [4.78, 5) is 51.7. The highest BCUT2D eigenvalue weighted by molar-refractivity contribution is 5.82. The quantitative estimate of drug-likeness (QED) is 0.207. The fourth-order valence-electron chi connectivity index (χ4n) is 2.85. The van der Waals surface area contributed by atoms with Gasteiger partial charge in [-0.05, 0) is 34.1 Å². The Balaban J connectivity index is 5.28. The molecule has 0 N–H and O–H groups in total. The zero-order chi connectivity index (χ0) is 22.9. The smallest absolute Gasteiger partial charge is 0.325 e. The van der Waals surface area contributed by atoms with Gasteiger partial charge in [-0.1, -0.05) is 19.8 Å². The van der Waals surface area contributed by atoms with Crippen molar-refractivity contribution in [3.8, 4) is 0 Å². The third-order valence-electron chi connectivity index (χ3n) is 4.36. The Hall–Kier alpha value is -2.16. The molecule has 0 aromatic carbocycles. The largest absolute Gasteiger partial charge is 0.465 e. The summed E-state index contributed by atoms with van der Waals surface area (Å²) < 4.78 is 15.0. The normalized spacial score (nSPS) is 11.7. The second kappa shape index (κ2) is 16.6. The van der Waals surface area contributed by atoms with Crippen molar-refractivity contribution >= 4 is 23.8 Å². The van der Waals surface area contributed by atoms with Crippen LogP contribution in [0.1, 0.15) is 60.3 Å². The number of hydrogen-bond acceptors (Lipinski definition) is 8. The van der Waals surface area contributed by atoms with Gasteiger partial charge in [-0.2, -0.15) is 0 Å². The molecule has 0 saturated carbocycles. The number of carbonyl (C=O) groups excluding carboxylic acids is 4. The van der Waals surface area contributed by atoms with E-state index in [9.17, 15) is 19.2 Å². The summed E-state index contributed by atoms with van der Waals surface area (Å²) in [6.45, 7) is 9.38. The highest BCUT2D eigenvalue weighted by Gasteiger charge is 2.26. The van der Waals surface area contributed by atoms with Gasteiger partial charge >= 0.3 is 17.9 Å². The highest BCUT2D eigenvalue weighted by atomic mass is 16.5. The first kappa shape index (κ1) is 27.8. The summed E-state index contributed by atoms with van der Waals surface area (Å²) in [6, 6.07) is -0.386. The molecule has 0 heterocycles. The van der Waals surface area contributed by atoms with Crippen LogP contribution in [0.4, 0.5) is 0 Å². The number of nitrogens with zero attached hydrogens (tertiary/aromatic N) is 2. The molecule has 0 aromatic rings. The van der Waals surface area contributed by atoms with Gasteiger partial charge in [0, 0.05) is 19.0 Å². The van der Waals surface area contributed by atoms with Crippen LogP contribution in [-0.2, 0) is 33.4 Å². The summed E-state index contributed by atoms with van der Waals surface area (Å²) in [5.74, 6) is -1.59. The fourth-order valence-corrected chi connectivity index (χ4v) is 2.85. The van der Waals surface area contributed by atoms with Gasteiger partial charge in [-0.25, -0.2) is 0 Å². The minimum absolute atomic E-state index is 0.120. The Morgan fingerprint density at radius 1 is 0.733 bits per heavy atom. The van der Waals surface area contributed by atoms with E-state index in [4.69, 9.17) is 14.2 Å². The molecule has 174 valence electrons. The number of unbranched alkanes of at least 4 members (excludes halogenated alkanes) is 2. The van der Waals surface area contributed by atoms with Crippen LogP contribution in [-0.4, -0.2) is 85.7 Å². The zero-order valence-corrected chi connectivity index (χ0v) is 19.1. The maximum atomic E-state index is 12.7. The van der Waals surface area contributed by atoms with Gasteiger partial charge in [0.1, 0.15) is 6.54 Å². The van der Waals surface area contributed by atoms with Crippen molar-refractivity contribution in [1.29, 1.82) is 0 Å². The number of ether oxygens (including phenoxy) is 3. The number of rotatable bonds is 16. The average molecular weight is 431 g/mol. The first-order chi connectivity index (χ1) is 14.3. The van der Waals surface area contributed by atoms with E-state index in [-0.39, 0.29) is 57.9 Å². The van der Waals surface area contributed by atoms with Crippen LogP contribution >= 0.6 is 0 Å². The van der Waals surface area contributed by atoms with Crippen LogP contribution in [0.2, 0.25) is 0 Å². The van der Waals surface area contributed by atoms with Crippen molar-refractivity contribution in [2.24, 2.45) is 0 Å². The van der Waals surface area contributed by atoms with Gasteiger partial charge < -0.3 is 19.1 Å². The van der Waals surface area contributed by atoms with Crippen molar-refractivity contribution < 1.29 is 33.4 Å². The number of esters is 3. The predicted octanol–water partition coefficient (Wildman–Crippen LogP) is 1.78. The lowest BCUT2D eigenvalue weighted by Crippen LogP contribution is -2.49. The van der Waals surface area contributed by atoms with Crippen LogP contribution in [0.25, 0.3) is 0 Å². The average Bonchev–Trinajstić information content (AvgIpc) is 2.67. The molecule has 0 rings (SSSR count). The molecular formula is C21H38N2O7. The molecule has 0 radical (unpaired) electrons. The lowest BCUT2D eigenvalue weighted by molar-refractivity contribution is -0.152. The van der Waals surface area contributed by atoms with Crippen LogP contribution in [0.15, 0.2) is 0 Å². The third-order valence-corrected chi connectivity index (χ3v) is 4.36. The van der Waals surface area contributed by atoms with E-state index in [0.29, 0.717) is 6.42 Å². The van der Waals surface area contributed by atoms with Crippen molar-refractivity contribution in [3.05, 3.63) is 0 Å². The lowest BCUT2D eigenvalue weighted by Gasteiger charge is -2.32. The van der Waals surface area contributed by atoms with E-state index in [1.165, 1.54) is 4.90 Å². The minimum atomic E-state index is -0.490. The maximum Gasteiger partial charge on any atom is 0.325 e. The van der Waals surface area contributed by atoms with E-state index in [1.807, 2.05) is 6.92 Å². The van der Waals surface area contributed by atoms with Gasteiger partial charge in [0.25, 0.3) is 0 Å². The molecular weight excluding hydrogens is 392 g/mol. The molecule has 0 saturated heterocycles. The van der Waals surface area contributed by atoms with Gasteiger partial charge in [-0.3, -0.25) is 24.1 Å². The molecule has 30 heavy (non-hydrogen) atoms. The molecule has 0 aromatic heterocycles.